The topological polar surface area (TPSA) is 108 Å². The average Bonchev–Trinajstić information content (AvgIpc) is 2.72. The summed E-state index contributed by atoms with van der Waals surface area (Å²) in [7, 11) is -2.32. The molecule has 0 N–H and O–H groups in total. The molecule has 2 aromatic rings. The number of morpholine rings is 1. The summed E-state index contributed by atoms with van der Waals surface area (Å²) in [5.41, 5.74) is 0.300. The lowest BCUT2D eigenvalue weighted by Crippen LogP contribution is -2.40. The Morgan fingerprint density at radius 1 is 1.14 bits per heavy atom. The molecule has 0 radical (unpaired) electrons. The van der Waals surface area contributed by atoms with E-state index < -0.39 is 20.6 Å². The molecule has 0 spiro atoms. The van der Waals surface area contributed by atoms with E-state index in [-0.39, 0.29) is 30.3 Å². The number of benzene rings is 2. The highest BCUT2D eigenvalue weighted by Gasteiger charge is 2.29. The molecule has 0 aliphatic carbocycles. The molecule has 1 aliphatic heterocycles. The van der Waals surface area contributed by atoms with Crippen LogP contribution in [0.5, 0.6) is 11.5 Å². The van der Waals surface area contributed by atoms with Gasteiger partial charge in [0.1, 0.15) is 12.4 Å². The Balaban J connectivity index is 1.86. The minimum atomic E-state index is -3.84. The van der Waals surface area contributed by atoms with Crippen molar-refractivity contribution in [3.63, 3.8) is 0 Å². The Bertz CT molecular complexity index is 956. The molecule has 0 bridgehead atoms. The Hall–Kier alpha value is -2.69. The summed E-state index contributed by atoms with van der Waals surface area (Å²) in [6, 6.07) is 10.8. The van der Waals surface area contributed by atoms with E-state index >= 15 is 0 Å². The number of sulfonamides is 1. The van der Waals surface area contributed by atoms with Crippen molar-refractivity contribution in [2.45, 2.75) is 11.5 Å². The molecule has 0 saturated carbocycles. The van der Waals surface area contributed by atoms with Crippen LogP contribution in [0.3, 0.4) is 0 Å². The molecule has 28 heavy (non-hydrogen) atoms. The number of ether oxygens (including phenoxy) is 3. The third kappa shape index (κ3) is 4.24. The van der Waals surface area contributed by atoms with E-state index in [1.165, 1.54) is 23.5 Å². The molecule has 150 valence electrons. The van der Waals surface area contributed by atoms with Crippen molar-refractivity contribution < 1.29 is 27.6 Å². The Labute approximate surface area is 162 Å². The number of nitro benzene ring substituents is 1. The summed E-state index contributed by atoms with van der Waals surface area (Å²) in [5, 5.41) is 11.5. The predicted octanol–water partition coefficient (Wildman–Crippen LogP) is 2.20. The summed E-state index contributed by atoms with van der Waals surface area (Å²) in [4.78, 5) is 10.7. The SMILES string of the molecule is COc1ccccc1COc1ccc(S(=O)(=O)N2CCOCC2)cc1[N+](=O)[O-]. The van der Waals surface area contributed by atoms with Crippen molar-refractivity contribution in [2.75, 3.05) is 33.4 Å². The zero-order valence-corrected chi connectivity index (χ0v) is 16.1. The highest BCUT2D eigenvalue weighted by Crippen LogP contribution is 2.32. The van der Waals surface area contributed by atoms with E-state index in [0.717, 1.165) is 6.07 Å². The Morgan fingerprint density at radius 3 is 2.54 bits per heavy atom. The summed E-state index contributed by atoms with van der Waals surface area (Å²) in [5.74, 6) is 0.577. The van der Waals surface area contributed by atoms with E-state index in [2.05, 4.69) is 0 Å². The molecule has 1 saturated heterocycles. The second kappa shape index (κ2) is 8.55. The highest BCUT2D eigenvalue weighted by molar-refractivity contribution is 7.89. The number of nitrogens with zero attached hydrogens (tertiary/aromatic N) is 2. The molecule has 3 rings (SSSR count). The molecule has 0 atom stereocenters. The summed E-state index contributed by atoms with van der Waals surface area (Å²) in [6.45, 7) is 1.05. The minimum Gasteiger partial charge on any atom is -0.496 e. The van der Waals surface area contributed by atoms with Gasteiger partial charge in [-0.25, -0.2) is 8.42 Å². The van der Waals surface area contributed by atoms with Gasteiger partial charge in [-0.15, -0.1) is 0 Å². The summed E-state index contributed by atoms with van der Waals surface area (Å²) in [6.07, 6.45) is 0. The van der Waals surface area contributed by atoms with E-state index in [0.29, 0.717) is 24.5 Å². The second-order valence-corrected chi connectivity index (χ2v) is 7.94. The quantitative estimate of drug-likeness (QED) is 0.510. The van der Waals surface area contributed by atoms with Gasteiger partial charge in [0.05, 0.1) is 30.1 Å². The minimum absolute atomic E-state index is 0.0168. The first kappa shape index (κ1) is 20.1. The standard InChI is InChI=1S/C18H20N2O7S/c1-25-17-5-3-2-4-14(17)13-27-18-7-6-15(12-16(18)20(21)22)28(23,24)19-8-10-26-11-9-19/h2-7,12H,8-11,13H2,1H3. The molecule has 0 amide bonds. The molecule has 10 heteroatoms. The van der Waals surface area contributed by atoms with Crippen LogP contribution in [0.25, 0.3) is 0 Å². The van der Waals surface area contributed by atoms with Crippen LogP contribution in [0.1, 0.15) is 5.56 Å². The molecular weight excluding hydrogens is 388 g/mol. The third-order valence-electron chi connectivity index (χ3n) is 4.31. The van der Waals surface area contributed by atoms with Gasteiger partial charge in [-0.1, -0.05) is 18.2 Å². The molecular formula is C18H20N2O7S. The van der Waals surface area contributed by atoms with Crippen molar-refractivity contribution in [1.29, 1.82) is 0 Å². The first-order valence-corrected chi connectivity index (χ1v) is 9.98. The van der Waals surface area contributed by atoms with Crippen molar-refractivity contribution in [3.8, 4) is 11.5 Å². The molecule has 0 unspecified atom stereocenters. The first-order chi connectivity index (χ1) is 13.4. The van der Waals surface area contributed by atoms with Crippen molar-refractivity contribution in [2.24, 2.45) is 0 Å². The predicted molar refractivity (Wildman–Crippen MR) is 100 cm³/mol. The van der Waals surface area contributed by atoms with Crippen LogP contribution in [0.4, 0.5) is 5.69 Å². The van der Waals surface area contributed by atoms with Gasteiger partial charge in [0.15, 0.2) is 5.75 Å². The number of rotatable bonds is 7. The zero-order valence-electron chi connectivity index (χ0n) is 15.2. The van der Waals surface area contributed by atoms with Crippen LogP contribution in [-0.2, 0) is 21.4 Å². The van der Waals surface area contributed by atoms with Crippen molar-refractivity contribution in [3.05, 3.63) is 58.1 Å². The fourth-order valence-electron chi connectivity index (χ4n) is 2.84. The first-order valence-electron chi connectivity index (χ1n) is 8.54. The van der Waals surface area contributed by atoms with Gasteiger partial charge in [-0.05, 0) is 18.2 Å². The van der Waals surface area contributed by atoms with Gasteiger partial charge >= 0.3 is 5.69 Å². The number of para-hydroxylation sites is 1. The molecule has 1 aliphatic rings. The van der Waals surface area contributed by atoms with Crippen LogP contribution in [0, 0.1) is 10.1 Å². The number of nitro groups is 1. The van der Waals surface area contributed by atoms with Crippen LogP contribution >= 0.6 is 0 Å². The molecule has 0 aromatic heterocycles. The Kier molecular flexibility index (Phi) is 6.12. The zero-order chi connectivity index (χ0) is 20.1. The van der Waals surface area contributed by atoms with Gasteiger partial charge in [0, 0.05) is 24.7 Å². The fraction of sp³-hybridized carbons (Fsp3) is 0.333. The maximum absolute atomic E-state index is 12.7. The van der Waals surface area contributed by atoms with Crippen LogP contribution in [-0.4, -0.2) is 51.1 Å². The normalized spacial score (nSPS) is 15.2. The van der Waals surface area contributed by atoms with Gasteiger partial charge in [0.2, 0.25) is 10.0 Å². The van der Waals surface area contributed by atoms with E-state index in [9.17, 15) is 18.5 Å². The maximum atomic E-state index is 12.7. The summed E-state index contributed by atoms with van der Waals surface area (Å²) < 4.78 is 42.7. The van der Waals surface area contributed by atoms with Gasteiger partial charge in [-0.3, -0.25) is 10.1 Å². The average molecular weight is 408 g/mol. The van der Waals surface area contributed by atoms with E-state index in [1.54, 1.807) is 24.3 Å². The largest absolute Gasteiger partial charge is 0.496 e. The van der Waals surface area contributed by atoms with Crippen LogP contribution in [0.15, 0.2) is 47.4 Å². The lowest BCUT2D eigenvalue weighted by molar-refractivity contribution is -0.386. The Morgan fingerprint density at radius 2 is 1.86 bits per heavy atom. The molecule has 9 nitrogen and oxygen atoms in total. The monoisotopic (exact) mass is 408 g/mol. The van der Waals surface area contributed by atoms with E-state index in [1.807, 2.05) is 0 Å². The number of hydrogen-bond donors (Lipinski definition) is 0. The summed E-state index contributed by atoms with van der Waals surface area (Å²) >= 11 is 0. The maximum Gasteiger partial charge on any atom is 0.312 e. The number of methoxy groups -OCH3 is 1. The lowest BCUT2D eigenvalue weighted by Gasteiger charge is -2.26. The third-order valence-corrected chi connectivity index (χ3v) is 6.21. The second-order valence-electron chi connectivity index (χ2n) is 6.00. The fourth-order valence-corrected chi connectivity index (χ4v) is 4.26. The molecule has 1 fully saturated rings. The van der Waals surface area contributed by atoms with Gasteiger partial charge in [-0.2, -0.15) is 4.31 Å². The smallest absolute Gasteiger partial charge is 0.312 e. The van der Waals surface area contributed by atoms with E-state index in [4.69, 9.17) is 14.2 Å². The van der Waals surface area contributed by atoms with Crippen molar-refractivity contribution in [1.82, 2.24) is 4.31 Å². The highest BCUT2D eigenvalue weighted by atomic mass is 32.2. The van der Waals surface area contributed by atoms with Crippen molar-refractivity contribution >= 4 is 15.7 Å². The van der Waals surface area contributed by atoms with Crippen LogP contribution < -0.4 is 9.47 Å². The number of hydrogen-bond acceptors (Lipinski definition) is 7. The lowest BCUT2D eigenvalue weighted by atomic mass is 10.2. The van der Waals surface area contributed by atoms with Gasteiger partial charge < -0.3 is 14.2 Å². The molecule has 2 aromatic carbocycles. The molecule has 1 heterocycles. The van der Waals surface area contributed by atoms with Crippen LogP contribution in [0.2, 0.25) is 0 Å². The van der Waals surface area contributed by atoms with Gasteiger partial charge in [0.25, 0.3) is 0 Å².